The number of para-hydroxylation sites is 1. The predicted molar refractivity (Wildman–Crippen MR) is 98.9 cm³/mol. The average Bonchev–Trinajstić information content (AvgIpc) is 2.62. The van der Waals surface area contributed by atoms with Crippen molar-refractivity contribution in [2.75, 3.05) is 17.7 Å². The number of anilines is 1. The standard InChI is InChI=1S/C19H21NO5S/c1-4-20(15-10-6-5-7-11-15)18(21)14(2)25-19(22)16-12-8-9-13-17(16)26(3,23)24/h5-14H,4H2,1-3H3/t14-/m1/s1. The number of carbonyl (C=O) groups is 2. The van der Waals surface area contributed by atoms with E-state index in [1.54, 1.807) is 18.2 Å². The van der Waals surface area contributed by atoms with Crippen molar-refractivity contribution in [3.05, 3.63) is 60.2 Å². The van der Waals surface area contributed by atoms with E-state index < -0.39 is 21.9 Å². The van der Waals surface area contributed by atoms with Crippen LogP contribution in [0.2, 0.25) is 0 Å². The minimum Gasteiger partial charge on any atom is -0.449 e. The Morgan fingerprint density at radius 1 is 1.04 bits per heavy atom. The SMILES string of the molecule is CCN(C(=O)[C@@H](C)OC(=O)c1ccccc1S(C)(=O)=O)c1ccccc1. The van der Waals surface area contributed by atoms with Crippen molar-refractivity contribution in [2.45, 2.75) is 24.8 Å². The van der Waals surface area contributed by atoms with Gasteiger partial charge < -0.3 is 9.64 Å². The number of esters is 1. The molecule has 0 spiro atoms. The molecule has 0 aliphatic heterocycles. The maximum atomic E-state index is 12.7. The zero-order valence-corrected chi connectivity index (χ0v) is 15.7. The first-order valence-electron chi connectivity index (χ1n) is 8.12. The predicted octanol–water partition coefficient (Wildman–Crippen LogP) is 2.69. The highest BCUT2D eigenvalue weighted by Gasteiger charge is 2.26. The zero-order valence-electron chi connectivity index (χ0n) is 14.9. The smallest absolute Gasteiger partial charge is 0.340 e. The van der Waals surface area contributed by atoms with E-state index in [9.17, 15) is 18.0 Å². The van der Waals surface area contributed by atoms with E-state index in [0.717, 1.165) is 6.26 Å². The molecule has 0 aliphatic carbocycles. The van der Waals surface area contributed by atoms with Gasteiger partial charge in [-0.05, 0) is 38.1 Å². The molecule has 0 aromatic heterocycles. The summed E-state index contributed by atoms with van der Waals surface area (Å²) in [5.74, 6) is -1.24. The van der Waals surface area contributed by atoms with Crippen molar-refractivity contribution < 1.29 is 22.7 Å². The van der Waals surface area contributed by atoms with Gasteiger partial charge in [-0.2, -0.15) is 0 Å². The Morgan fingerprint density at radius 3 is 2.19 bits per heavy atom. The van der Waals surface area contributed by atoms with Crippen molar-refractivity contribution in [1.29, 1.82) is 0 Å². The van der Waals surface area contributed by atoms with Crippen molar-refractivity contribution in [2.24, 2.45) is 0 Å². The van der Waals surface area contributed by atoms with Gasteiger partial charge in [0.1, 0.15) is 0 Å². The second-order valence-corrected chi connectivity index (χ2v) is 7.72. The van der Waals surface area contributed by atoms with Crippen molar-refractivity contribution in [3.8, 4) is 0 Å². The van der Waals surface area contributed by atoms with Crippen LogP contribution in [-0.2, 0) is 19.4 Å². The second-order valence-electron chi connectivity index (χ2n) is 5.73. The summed E-state index contributed by atoms with van der Waals surface area (Å²) in [4.78, 5) is 26.4. The molecular weight excluding hydrogens is 354 g/mol. The van der Waals surface area contributed by atoms with Crippen molar-refractivity contribution in [3.63, 3.8) is 0 Å². The van der Waals surface area contributed by atoms with Crippen LogP contribution in [0.1, 0.15) is 24.2 Å². The quantitative estimate of drug-likeness (QED) is 0.725. The number of benzene rings is 2. The number of hydrogen-bond acceptors (Lipinski definition) is 5. The molecule has 0 fully saturated rings. The fraction of sp³-hybridized carbons (Fsp3) is 0.263. The lowest BCUT2D eigenvalue weighted by atomic mass is 10.2. The topological polar surface area (TPSA) is 80.8 Å². The molecule has 6 nitrogen and oxygen atoms in total. The summed E-state index contributed by atoms with van der Waals surface area (Å²) >= 11 is 0. The van der Waals surface area contributed by atoms with Crippen molar-refractivity contribution in [1.82, 2.24) is 0 Å². The van der Waals surface area contributed by atoms with E-state index in [1.165, 1.54) is 30.0 Å². The monoisotopic (exact) mass is 375 g/mol. The highest BCUT2D eigenvalue weighted by molar-refractivity contribution is 7.90. The number of rotatable bonds is 6. The Bertz CT molecular complexity index is 893. The van der Waals surface area contributed by atoms with Gasteiger partial charge in [-0.3, -0.25) is 4.79 Å². The van der Waals surface area contributed by atoms with E-state index in [-0.39, 0.29) is 16.4 Å². The van der Waals surface area contributed by atoms with Gasteiger partial charge in [0.2, 0.25) is 0 Å². The van der Waals surface area contributed by atoms with Gasteiger partial charge in [0, 0.05) is 18.5 Å². The van der Waals surface area contributed by atoms with Crippen LogP contribution in [0.5, 0.6) is 0 Å². The molecule has 26 heavy (non-hydrogen) atoms. The van der Waals surface area contributed by atoms with Crippen LogP contribution in [0.3, 0.4) is 0 Å². The molecule has 2 aromatic carbocycles. The first-order valence-corrected chi connectivity index (χ1v) is 10.0. The van der Waals surface area contributed by atoms with Crippen LogP contribution in [0.25, 0.3) is 0 Å². The highest BCUT2D eigenvalue weighted by atomic mass is 32.2. The summed E-state index contributed by atoms with van der Waals surface area (Å²) in [5, 5.41) is 0. The first kappa shape index (κ1) is 19.7. The van der Waals surface area contributed by atoms with Crippen LogP contribution < -0.4 is 4.90 Å². The molecular formula is C19H21NO5S. The van der Waals surface area contributed by atoms with E-state index in [0.29, 0.717) is 12.2 Å². The zero-order chi connectivity index (χ0) is 19.3. The largest absolute Gasteiger partial charge is 0.449 e. The third kappa shape index (κ3) is 4.49. The van der Waals surface area contributed by atoms with Crippen LogP contribution in [0.15, 0.2) is 59.5 Å². The molecule has 1 amide bonds. The molecule has 2 rings (SSSR count). The molecule has 0 saturated heterocycles. The maximum absolute atomic E-state index is 12.7. The third-order valence-corrected chi connectivity index (χ3v) is 4.94. The minimum absolute atomic E-state index is 0.0857. The number of sulfone groups is 1. The molecule has 2 aromatic rings. The lowest BCUT2D eigenvalue weighted by Gasteiger charge is -2.24. The summed E-state index contributed by atoms with van der Waals surface area (Å²) < 4.78 is 28.9. The molecule has 138 valence electrons. The molecule has 0 N–H and O–H groups in total. The van der Waals surface area contributed by atoms with Gasteiger partial charge in [0.05, 0.1) is 10.5 Å². The number of likely N-dealkylation sites (N-methyl/N-ethyl adjacent to an activating group) is 1. The van der Waals surface area contributed by atoms with Crippen LogP contribution >= 0.6 is 0 Å². The number of hydrogen-bond donors (Lipinski definition) is 0. The lowest BCUT2D eigenvalue weighted by Crippen LogP contribution is -2.40. The molecule has 0 unspecified atom stereocenters. The normalized spacial score (nSPS) is 12.3. The number of nitrogens with zero attached hydrogens (tertiary/aromatic N) is 1. The highest BCUT2D eigenvalue weighted by Crippen LogP contribution is 2.19. The Balaban J connectivity index is 2.21. The van der Waals surface area contributed by atoms with E-state index in [2.05, 4.69) is 0 Å². The van der Waals surface area contributed by atoms with Gasteiger partial charge in [-0.25, -0.2) is 13.2 Å². The van der Waals surface area contributed by atoms with Crippen LogP contribution in [0.4, 0.5) is 5.69 Å². The third-order valence-electron chi connectivity index (χ3n) is 3.79. The van der Waals surface area contributed by atoms with E-state index in [4.69, 9.17) is 4.74 Å². The molecule has 0 radical (unpaired) electrons. The van der Waals surface area contributed by atoms with E-state index >= 15 is 0 Å². The van der Waals surface area contributed by atoms with Crippen LogP contribution in [0, 0.1) is 0 Å². The Kier molecular flexibility index (Phi) is 6.15. The second kappa shape index (κ2) is 8.14. The number of ether oxygens (including phenoxy) is 1. The first-order chi connectivity index (χ1) is 12.3. The lowest BCUT2D eigenvalue weighted by molar-refractivity contribution is -0.126. The van der Waals surface area contributed by atoms with E-state index in [1.807, 2.05) is 25.1 Å². The van der Waals surface area contributed by atoms with Gasteiger partial charge >= 0.3 is 5.97 Å². The Labute approximate surface area is 153 Å². The minimum atomic E-state index is -3.59. The molecule has 0 aliphatic rings. The van der Waals surface area contributed by atoms with Crippen LogP contribution in [-0.4, -0.2) is 39.2 Å². The molecule has 7 heteroatoms. The van der Waals surface area contributed by atoms with Gasteiger partial charge in [0.25, 0.3) is 5.91 Å². The van der Waals surface area contributed by atoms with Gasteiger partial charge in [-0.1, -0.05) is 30.3 Å². The Morgan fingerprint density at radius 2 is 1.62 bits per heavy atom. The summed E-state index contributed by atoms with van der Waals surface area (Å²) in [6, 6.07) is 14.8. The van der Waals surface area contributed by atoms with Gasteiger partial charge in [0.15, 0.2) is 15.9 Å². The molecule has 1 atom stereocenters. The van der Waals surface area contributed by atoms with Gasteiger partial charge in [-0.15, -0.1) is 0 Å². The molecule has 0 saturated carbocycles. The molecule has 0 heterocycles. The fourth-order valence-electron chi connectivity index (χ4n) is 2.53. The number of amides is 1. The van der Waals surface area contributed by atoms with Crippen molar-refractivity contribution >= 4 is 27.4 Å². The molecule has 0 bridgehead atoms. The summed E-state index contributed by atoms with van der Waals surface area (Å²) in [5.41, 5.74) is 0.608. The summed E-state index contributed by atoms with van der Waals surface area (Å²) in [6.07, 6.45) is -0.0441. The summed E-state index contributed by atoms with van der Waals surface area (Å²) in [6.45, 7) is 3.69. The average molecular weight is 375 g/mol. The Hall–Kier alpha value is -2.67. The number of carbonyl (C=O) groups excluding carboxylic acids is 2. The maximum Gasteiger partial charge on any atom is 0.340 e. The summed E-state index contributed by atoms with van der Waals surface area (Å²) in [7, 11) is -3.59. The fourth-order valence-corrected chi connectivity index (χ4v) is 3.40.